The van der Waals surface area contributed by atoms with Crippen LogP contribution in [0.1, 0.15) is 5.56 Å². The molecule has 4 aromatic rings. The summed E-state index contributed by atoms with van der Waals surface area (Å²) in [6.45, 7) is 3.10. The molecule has 0 unspecified atom stereocenters. The number of aromatic nitrogens is 1. The first-order chi connectivity index (χ1) is 13.0. The Morgan fingerprint density at radius 1 is 0.926 bits per heavy atom. The van der Waals surface area contributed by atoms with Gasteiger partial charge in [-0.2, -0.15) is 0 Å². The number of hydrogen-bond acceptors (Lipinski definition) is 2. The van der Waals surface area contributed by atoms with Crippen LogP contribution >= 0.6 is 31.9 Å². The van der Waals surface area contributed by atoms with Crippen molar-refractivity contribution >= 4 is 59.4 Å². The summed E-state index contributed by atoms with van der Waals surface area (Å²) >= 11 is 7.15. The molecule has 0 amide bonds. The number of nitrogens with one attached hydrogen (secondary N) is 1. The highest BCUT2D eigenvalue weighted by Crippen LogP contribution is 2.33. The van der Waals surface area contributed by atoms with Gasteiger partial charge in [0.2, 0.25) is 0 Å². The van der Waals surface area contributed by atoms with Crippen molar-refractivity contribution in [1.29, 1.82) is 0 Å². The molecular formula is C22H20Br2N2O. The van der Waals surface area contributed by atoms with E-state index >= 15 is 0 Å². The van der Waals surface area contributed by atoms with Gasteiger partial charge in [-0.05, 0) is 55.0 Å². The van der Waals surface area contributed by atoms with Crippen LogP contribution in [-0.4, -0.2) is 22.3 Å². The number of aryl methyl sites for hydroxylation is 1. The lowest BCUT2D eigenvalue weighted by molar-refractivity contribution is 0.169. The second-order valence-corrected chi connectivity index (χ2v) is 8.61. The van der Waals surface area contributed by atoms with Crippen molar-refractivity contribution in [2.45, 2.75) is 19.6 Å². The summed E-state index contributed by atoms with van der Waals surface area (Å²) in [6.07, 6.45) is -0.504. The first-order valence-electron chi connectivity index (χ1n) is 8.87. The highest BCUT2D eigenvalue weighted by Gasteiger charge is 2.14. The van der Waals surface area contributed by atoms with Gasteiger partial charge in [0, 0.05) is 43.0 Å². The van der Waals surface area contributed by atoms with Crippen molar-refractivity contribution in [3.63, 3.8) is 0 Å². The molecule has 138 valence electrons. The molecule has 0 aliphatic rings. The molecule has 0 aliphatic heterocycles. The molecule has 0 saturated carbocycles. The van der Waals surface area contributed by atoms with Crippen molar-refractivity contribution in [1.82, 2.24) is 4.57 Å². The fourth-order valence-electron chi connectivity index (χ4n) is 3.52. The number of aliphatic hydroxyl groups excluding tert-OH is 1. The lowest BCUT2D eigenvalue weighted by Gasteiger charge is -2.16. The number of benzene rings is 3. The van der Waals surface area contributed by atoms with E-state index in [1.165, 1.54) is 16.3 Å². The fourth-order valence-corrected chi connectivity index (χ4v) is 4.24. The average molecular weight is 488 g/mol. The van der Waals surface area contributed by atoms with Crippen molar-refractivity contribution in [3.8, 4) is 0 Å². The van der Waals surface area contributed by atoms with E-state index in [1.54, 1.807) is 0 Å². The minimum Gasteiger partial charge on any atom is -0.389 e. The summed E-state index contributed by atoms with van der Waals surface area (Å²) in [4.78, 5) is 0. The van der Waals surface area contributed by atoms with Crippen molar-refractivity contribution in [3.05, 3.63) is 75.2 Å². The van der Waals surface area contributed by atoms with E-state index < -0.39 is 6.10 Å². The Bertz CT molecular complexity index is 1060. The Morgan fingerprint density at radius 2 is 1.52 bits per heavy atom. The van der Waals surface area contributed by atoms with Crippen LogP contribution in [0.4, 0.5) is 5.69 Å². The first kappa shape index (κ1) is 18.5. The zero-order chi connectivity index (χ0) is 19.0. The number of hydrogen-bond donors (Lipinski definition) is 2. The van der Waals surface area contributed by atoms with Crippen LogP contribution in [0, 0.1) is 6.92 Å². The van der Waals surface area contributed by atoms with Crippen LogP contribution in [0.15, 0.2) is 69.6 Å². The third-order valence-corrected chi connectivity index (χ3v) is 5.84. The minimum absolute atomic E-state index is 0.499. The molecule has 1 heterocycles. The standard InChI is InChI=1S/C22H20Br2N2O/c1-14-4-2-3-5-20(14)25-12-17(27)13-26-21-8-6-15(23)10-18(21)19-11-16(24)7-9-22(19)26/h2-11,17,25,27H,12-13H2,1H3/t17-/m0/s1. The number of nitrogens with zero attached hydrogens (tertiary/aromatic N) is 1. The van der Waals surface area contributed by atoms with Crippen LogP contribution < -0.4 is 5.32 Å². The molecular weight excluding hydrogens is 468 g/mol. The summed E-state index contributed by atoms with van der Waals surface area (Å²) < 4.78 is 4.31. The Balaban J connectivity index is 1.65. The van der Waals surface area contributed by atoms with Gasteiger partial charge in [0.25, 0.3) is 0 Å². The average Bonchev–Trinajstić information content (AvgIpc) is 2.93. The Morgan fingerprint density at radius 3 is 2.11 bits per heavy atom. The molecule has 0 fully saturated rings. The molecule has 3 aromatic carbocycles. The van der Waals surface area contributed by atoms with Crippen molar-refractivity contribution in [2.75, 3.05) is 11.9 Å². The van der Waals surface area contributed by atoms with E-state index in [0.29, 0.717) is 13.1 Å². The zero-order valence-corrected chi connectivity index (χ0v) is 18.1. The highest BCUT2D eigenvalue weighted by atomic mass is 79.9. The highest BCUT2D eigenvalue weighted by molar-refractivity contribution is 9.10. The molecule has 27 heavy (non-hydrogen) atoms. The Kier molecular flexibility index (Phi) is 5.26. The molecule has 1 atom stereocenters. The predicted molar refractivity (Wildman–Crippen MR) is 121 cm³/mol. The van der Waals surface area contributed by atoms with Gasteiger partial charge in [0.05, 0.1) is 12.6 Å². The van der Waals surface area contributed by atoms with Gasteiger partial charge in [-0.1, -0.05) is 50.1 Å². The van der Waals surface area contributed by atoms with Crippen LogP contribution in [0.25, 0.3) is 21.8 Å². The maximum absolute atomic E-state index is 10.7. The van der Waals surface area contributed by atoms with E-state index in [2.05, 4.69) is 79.0 Å². The van der Waals surface area contributed by atoms with Crippen LogP contribution in [0.2, 0.25) is 0 Å². The number of aliphatic hydroxyl groups is 1. The second kappa shape index (κ2) is 7.66. The fraction of sp³-hybridized carbons (Fsp3) is 0.182. The minimum atomic E-state index is -0.504. The van der Waals surface area contributed by atoms with Gasteiger partial charge in [0.1, 0.15) is 0 Å². The molecule has 2 N–H and O–H groups in total. The molecule has 0 aliphatic carbocycles. The third kappa shape index (κ3) is 3.77. The Hall–Kier alpha value is -1.82. The summed E-state index contributed by atoms with van der Waals surface area (Å²) in [5, 5.41) is 16.4. The SMILES string of the molecule is Cc1ccccc1NC[C@H](O)Cn1c2ccc(Br)cc2c2cc(Br)ccc21. The molecule has 0 spiro atoms. The molecule has 3 nitrogen and oxygen atoms in total. The summed E-state index contributed by atoms with van der Waals surface area (Å²) in [5.74, 6) is 0. The van der Waals surface area contributed by atoms with Crippen LogP contribution in [0.5, 0.6) is 0 Å². The second-order valence-electron chi connectivity index (χ2n) is 6.78. The van der Waals surface area contributed by atoms with E-state index in [-0.39, 0.29) is 0 Å². The summed E-state index contributed by atoms with van der Waals surface area (Å²) in [7, 11) is 0. The number of anilines is 1. The number of fused-ring (bicyclic) bond motifs is 3. The first-order valence-corrected chi connectivity index (χ1v) is 10.5. The largest absolute Gasteiger partial charge is 0.389 e. The summed E-state index contributed by atoms with van der Waals surface area (Å²) in [5.41, 5.74) is 4.49. The lowest BCUT2D eigenvalue weighted by atomic mass is 10.2. The molecule has 0 bridgehead atoms. The maximum Gasteiger partial charge on any atom is 0.0891 e. The molecule has 5 heteroatoms. The molecule has 0 saturated heterocycles. The van der Waals surface area contributed by atoms with E-state index in [9.17, 15) is 5.11 Å². The number of rotatable bonds is 5. The zero-order valence-electron chi connectivity index (χ0n) is 14.9. The van der Waals surface area contributed by atoms with Gasteiger partial charge >= 0.3 is 0 Å². The van der Waals surface area contributed by atoms with Gasteiger partial charge in [-0.25, -0.2) is 0 Å². The van der Waals surface area contributed by atoms with E-state index in [0.717, 1.165) is 25.7 Å². The van der Waals surface area contributed by atoms with Gasteiger partial charge in [-0.15, -0.1) is 0 Å². The molecule has 0 radical (unpaired) electrons. The molecule has 1 aromatic heterocycles. The summed E-state index contributed by atoms with van der Waals surface area (Å²) in [6, 6.07) is 20.7. The van der Waals surface area contributed by atoms with Gasteiger partial charge in [0.15, 0.2) is 0 Å². The van der Waals surface area contributed by atoms with Gasteiger partial charge < -0.3 is 15.0 Å². The number of para-hydroxylation sites is 1. The normalized spacial score (nSPS) is 12.6. The predicted octanol–water partition coefficient (Wildman–Crippen LogP) is 6.10. The molecule has 4 rings (SSSR count). The van der Waals surface area contributed by atoms with Crippen molar-refractivity contribution < 1.29 is 5.11 Å². The number of halogens is 2. The monoisotopic (exact) mass is 486 g/mol. The van der Waals surface area contributed by atoms with Crippen molar-refractivity contribution in [2.24, 2.45) is 0 Å². The maximum atomic E-state index is 10.7. The topological polar surface area (TPSA) is 37.2 Å². The van der Waals surface area contributed by atoms with Crippen LogP contribution in [-0.2, 0) is 6.54 Å². The third-order valence-electron chi connectivity index (χ3n) is 4.86. The quantitative estimate of drug-likeness (QED) is 0.356. The van der Waals surface area contributed by atoms with E-state index in [1.807, 2.05) is 30.3 Å². The van der Waals surface area contributed by atoms with Crippen LogP contribution in [0.3, 0.4) is 0 Å². The Labute approximate surface area is 175 Å². The smallest absolute Gasteiger partial charge is 0.0891 e. The van der Waals surface area contributed by atoms with Gasteiger partial charge in [-0.3, -0.25) is 0 Å². The lowest BCUT2D eigenvalue weighted by Crippen LogP contribution is -2.25. The van der Waals surface area contributed by atoms with E-state index in [4.69, 9.17) is 0 Å².